The highest BCUT2D eigenvalue weighted by molar-refractivity contribution is 7.45. The normalized spacial score (nSPS) is 14.3. The lowest BCUT2D eigenvalue weighted by atomic mass is 10.0. The summed E-state index contributed by atoms with van der Waals surface area (Å²) in [5, 5.41) is 13.8. The Morgan fingerprint density at radius 2 is 0.862 bits per heavy atom. The first-order chi connectivity index (χ1) is 31.5. The molecule has 3 unspecified atom stereocenters. The number of phosphoric acid groups is 1. The highest BCUT2D eigenvalue weighted by Crippen LogP contribution is 2.38. The van der Waals surface area contributed by atoms with Crippen molar-refractivity contribution in [1.82, 2.24) is 5.32 Å². The molecular weight excluding hydrogens is 828 g/mol. The lowest BCUT2D eigenvalue weighted by molar-refractivity contribution is -0.870. The van der Waals surface area contributed by atoms with Gasteiger partial charge in [0.2, 0.25) is 5.91 Å². The third-order valence-corrected chi connectivity index (χ3v) is 13.5. The summed E-state index contributed by atoms with van der Waals surface area (Å²) in [6, 6.07) is -0.901. The molecule has 0 aromatic carbocycles. The number of rotatable bonds is 51. The van der Waals surface area contributed by atoms with Gasteiger partial charge in [-0.3, -0.25) is 9.36 Å². The largest absolute Gasteiger partial charge is 0.756 e. The Kier molecular flexibility index (Phi) is 46.8. The number of hydrogen-bond acceptors (Lipinski definition) is 6. The van der Waals surface area contributed by atoms with Gasteiger partial charge in [0.05, 0.1) is 39.9 Å². The van der Waals surface area contributed by atoms with Gasteiger partial charge in [0.15, 0.2) is 0 Å². The number of carbonyl (C=O) groups is 1. The molecule has 0 rings (SSSR count). The average Bonchev–Trinajstić information content (AvgIpc) is 3.26. The highest BCUT2D eigenvalue weighted by atomic mass is 31.2. The summed E-state index contributed by atoms with van der Waals surface area (Å²) in [4.78, 5) is 25.4. The second-order valence-electron chi connectivity index (χ2n) is 20.3. The van der Waals surface area contributed by atoms with Crippen LogP contribution in [0.15, 0.2) is 36.5 Å². The molecule has 0 aromatic heterocycles. The van der Waals surface area contributed by atoms with Crippen LogP contribution in [0.2, 0.25) is 0 Å². The molecule has 0 spiro atoms. The Morgan fingerprint density at radius 1 is 0.523 bits per heavy atom. The maximum Gasteiger partial charge on any atom is 0.268 e. The van der Waals surface area contributed by atoms with Crippen molar-refractivity contribution in [3.63, 3.8) is 0 Å². The molecule has 0 fully saturated rings. The molecule has 1 amide bonds. The van der Waals surface area contributed by atoms with E-state index in [-0.39, 0.29) is 12.5 Å². The number of aliphatic hydroxyl groups is 1. The van der Waals surface area contributed by atoms with E-state index in [4.69, 9.17) is 9.05 Å². The molecule has 0 aliphatic carbocycles. The molecule has 65 heavy (non-hydrogen) atoms. The van der Waals surface area contributed by atoms with E-state index in [1.165, 1.54) is 205 Å². The lowest BCUT2D eigenvalue weighted by Gasteiger charge is -2.29. The molecule has 0 heterocycles. The van der Waals surface area contributed by atoms with Gasteiger partial charge in [-0.25, -0.2) is 0 Å². The van der Waals surface area contributed by atoms with Crippen LogP contribution >= 0.6 is 7.82 Å². The van der Waals surface area contributed by atoms with Gasteiger partial charge < -0.3 is 28.8 Å². The molecule has 0 radical (unpaired) electrons. The fourth-order valence-electron chi connectivity index (χ4n) is 8.17. The van der Waals surface area contributed by atoms with Gasteiger partial charge in [0.1, 0.15) is 13.2 Å². The predicted molar refractivity (Wildman–Crippen MR) is 279 cm³/mol. The minimum absolute atomic E-state index is 0.00521. The van der Waals surface area contributed by atoms with Crippen molar-refractivity contribution in [2.24, 2.45) is 0 Å². The van der Waals surface area contributed by atoms with E-state index in [9.17, 15) is 19.4 Å². The minimum Gasteiger partial charge on any atom is -0.756 e. The van der Waals surface area contributed by atoms with E-state index in [0.29, 0.717) is 17.4 Å². The summed E-state index contributed by atoms with van der Waals surface area (Å²) in [6.07, 6.45) is 60.9. The van der Waals surface area contributed by atoms with Gasteiger partial charge in [-0.1, -0.05) is 237 Å². The number of hydrogen-bond donors (Lipinski definition) is 2. The lowest BCUT2D eigenvalue weighted by Crippen LogP contribution is -2.45. The van der Waals surface area contributed by atoms with Crippen LogP contribution in [-0.4, -0.2) is 68.5 Å². The fourth-order valence-corrected chi connectivity index (χ4v) is 8.89. The first-order valence-corrected chi connectivity index (χ1v) is 29.3. The van der Waals surface area contributed by atoms with Gasteiger partial charge in [-0.2, -0.15) is 0 Å². The van der Waals surface area contributed by atoms with Gasteiger partial charge >= 0.3 is 0 Å². The molecule has 3 atom stereocenters. The van der Waals surface area contributed by atoms with E-state index in [1.807, 2.05) is 27.2 Å². The van der Waals surface area contributed by atoms with E-state index in [1.54, 1.807) is 6.08 Å². The number of phosphoric ester groups is 1. The zero-order chi connectivity index (χ0) is 47.8. The molecule has 384 valence electrons. The Labute approximate surface area is 404 Å². The van der Waals surface area contributed by atoms with Crippen LogP contribution in [0, 0.1) is 0 Å². The van der Waals surface area contributed by atoms with Gasteiger partial charge in [0.25, 0.3) is 7.82 Å². The highest BCUT2D eigenvalue weighted by Gasteiger charge is 2.23. The maximum absolute atomic E-state index is 12.9. The zero-order valence-electron chi connectivity index (χ0n) is 43.7. The van der Waals surface area contributed by atoms with Crippen LogP contribution in [0.1, 0.15) is 264 Å². The smallest absolute Gasteiger partial charge is 0.268 e. The number of allylic oxidation sites excluding steroid dienone is 5. The minimum atomic E-state index is -4.60. The number of carbonyl (C=O) groups excluding carboxylic acids is 1. The summed E-state index contributed by atoms with van der Waals surface area (Å²) in [6.45, 7) is 4.64. The first kappa shape index (κ1) is 63.7. The van der Waals surface area contributed by atoms with Crippen molar-refractivity contribution in [2.75, 3.05) is 40.9 Å². The fraction of sp³-hybridized carbons (Fsp3) is 0.875. The third-order valence-electron chi connectivity index (χ3n) is 12.6. The van der Waals surface area contributed by atoms with E-state index in [0.717, 1.165) is 38.5 Å². The molecule has 8 nitrogen and oxygen atoms in total. The van der Waals surface area contributed by atoms with Crippen LogP contribution in [0.3, 0.4) is 0 Å². The monoisotopic (exact) mass is 937 g/mol. The quantitative estimate of drug-likeness (QED) is 0.0272. The molecule has 0 saturated heterocycles. The Balaban J connectivity index is 4.11. The van der Waals surface area contributed by atoms with Gasteiger partial charge in [0, 0.05) is 6.42 Å². The molecule has 2 N–H and O–H groups in total. The van der Waals surface area contributed by atoms with Crippen molar-refractivity contribution < 1.29 is 32.9 Å². The number of unbranched alkanes of at least 4 members (excludes halogenated alkanes) is 34. The number of quaternary nitrogens is 1. The average molecular weight is 937 g/mol. The van der Waals surface area contributed by atoms with Crippen molar-refractivity contribution in [3.8, 4) is 0 Å². The predicted octanol–water partition coefficient (Wildman–Crippen LogP) is 16.0. The van der Waals surface area contributed by atoms with Crippen LogP contribution in [0.5, 0.6) is 0 Å². The third kappa shape index (κ3) is 50.4. The Bertz CT molecular complexity index is 1150. The maximum atomic E-state index is 12.9. The van der Waals surface area contributed by atoms with Crippen LogP contribution in [0.4, 0.5) is 0 Å². The molecule has 0 aromatic rings. The Hall–Kier alpha value is -1.28. The molecular formula is C56H109N2O6P. The summed E-state index contributed by atoms with van der Waals surface area (Å²) >= 11 is 0. The van der Waals surface area contributed by atoms with Crippen LogP contribution < -0.4 is 10.2 Å². The molecule has 0 aliphatic heterocycles. The zero-order valence-corrected chi connectivity index (χ0v) is 44.6. The molecule has 9 heteroatoms. The summed E-state index contributed by atoms with van der Waals surface area (Å²) in [5.74, 6) is -0.204. The van der Waals surface area contributed by atoms with E-state index >= 15 is 0 Å². The van der Waals surface area contributed by atoms with Crippen LogP contribution in [0.25, 0.3) is 0 Å². The second-order valence-corrected chi connectivity index (χ2v) is 21.7. The number of likely N-dealkylation sites (N-methyl/N-ethyl adjacent to an activating group) is 1. The number of amides is 1. The standard InChI is InChI=1S/C56H109N2O6P/c1-6-8-10-12-14-16-18-20-22-23-24-25-26-27-28-29-30-31-32-33-34-35-36-38-40-42-44-46-48-50-56(60)57-54(53-64-65(61,62)63-52-51-58(3,4)5)55(59)49-47-45-43-41-39-37-21-19-17-15-13-11-9-7-2/h23-24,39,41,47,49,54-55,59H,6-22,25-38,40,42-46,48,50-53H2,1-5H3,(H-,57,60,61,62)/b24-23-,41-39+,49-47+. The number of nitrogens with one attached hydrogen (secondary N) is 1. The molecule has 0 aliphatic rings. The van der Waals surface area contributed by atoms with Crippen molar-refractivity contribution in [1.29, 1.82) is 0 Å². The van der Waals surface area contributed by atoms with E-state index in [2.05, 4.69) is 43.5 Å². The number of aliphatic hydroxyl groups excluding tert-OH is 1. The summed E-state index contributed by atoms with van der Waals surface area (Å²) in [5.41, 5.74) is 0. The van der Waals surface area contributed by atoms with Crippen molar-refractivity contribution >= 4 is 13.7 Å². The van der Waals surface area contributed by atoms with Crippen molar-refractivity contribution in [3.05, 3.63) is 36.5 Å². The van der Waals surface area contributed by atoms with Crippen LogP contribution in [-0.2, 0) is 18.4 Å². The Morgan fingerprint density at radius 3 is 1.25 bits per heavy atom. The number of nitrogens with zero attached hydrogens (tertiary/aromatic N) is 1. The topological polar surface area (TPSA) is 108 Å². The molecule has 0 saturated carbocycles. The second kappa shape index (κ2) is 47.8. The van der Waals surface area contributed by atoms with Gasteiger partial charge in [-0.05, 0) is 57.8 Å². The van der Waals surface area contributed by atoms with Crippen molar-refractivity contribution in [2.45, 2.75) is 276 Å². The van der Waals surface area contributed by atoms with E-state index < -0.39 is 26.6 Å². The first-order valence-electron chi connectivity index (χ1n) is 27.9. The summed E-state index contributed by atoms with van der Waals surface area (Å²) in [7, 11) is 1.25. The SMILES string of the molecule is CCCCCCCCCC/C=C\CCCCCCCCCCCCCCCCCCCC(=O)NC(COP(=O)([O-])OCC[N+](C)(C)C)C(O)/C=C/CC/C=C/CCCCCCCCCC. The molecule has 0 bridgehead atoms. The van der Waals surface area contributed by atoms with Gasteiger partial charge in [-0.15, -0.1) is 0 Å². The summed E-state index contributed by atoms with van der Waals surface area (Å²) < 4.78 is 23.3.